The molecule has 0 spiro atoms. The van der Waals surface area contributed by atoms with Crippen molar-refractivity contribution >= 4 is 46.0 Å². The summed E-state index contributed by atoms with van der Waals surface area (Å²) in [4.78, 5) is 20.9. The van der Waals surface area contributed by atoms with Gasteiger partial charge in [-0.25, -0.2) is 4.98 Å². The molecule has 0 bridgehead atoms. The van der Waals surface area contributed by atoms with E-state index in [1.54, 1.807) is 24.4 Å². The van der Waals surface area contributed by atoms with Gasteiger partial charge in [-0.15, -0.1) is 0 Å². The first kappa shape index (κ1) is 32.1. The lowest BCUT2D eigenvalue weighted by Crippen LogP contribution is -2.21. The quantitative estimate of drug-likeness (QED) is 0.142. The number of fused-ring (bicyclic) bond motifs is 1. The summed E-state index contributed by atoms with van der Waals surface area (Å²) in [5.41, 5.74) is 5.61. The van der Waals surface area contributed by atoms with E-state index in [1.807, 2.05) is 81.4 Å². The van der Waals surface area contributed by atoms with Gasteiger partial charge in [0.05, 0.1) is 33.8 Å². The molecule has 7 nitrogen and oxygen atoms in total. The Morgan fingerprint density at radius 2 is 1.73 bits per heavy atom. The minimum atomic E-state index is -0.269. The van der Waals surface area contributed by atoms with Crippen LogP contribution in [-0.2, 0) is 6.61 Å². The minimum Gasteiger partial charge on any atom is -0.494 e. The Labute approximate surface area is 273 Å². The summed E-state index contributed by atoms with van der Waals surface area (Å²) in [5, 5.41) is 6.17. The van der Waals surface area contributed by atoms with E-state index in [4.69, 9.17) is 42.8 Å². The van der Waals surface area contributed by atoms with E-state index in [0.717, 1.165) is 33.7 Å². The molecule has 0 saturated carbocycles. The van der Waals surface area contributed by atoms with Crippen molar-refractivity contribution in [1.29, 1.82) is 0 Å². The van der Waals surface area contributed by atoms with Crippen LogP contribution < -0.4 is 19.9 Å². The summed E-state index contributed by atoms with van der Waals surface area (Å²) in [5.74, 6) is 2.07. The second-order valence-corrected chi connectivity index (χ2v) is 12.1. The highest BCUT2D eigenvalue weighted by Gasteiger charge is 2.19. The number of halogens is 2. The van der Waals surface area contributed by atoms with Crippen molar-refractivity contribution in [3.63, 3.8) is 0 Å². The summed E-state index contributed by atoms with van der Waals surface area (Å²) in [6, 6.07) is 22.6. The summed E-state index contributed by atoms with van der Waals surface area (Å²) in [6.45, 7) is 9.02. The molecule has 1 aromatic heterocycles. The molecule has 9 heteroatoms. The first-order valence-electron chi connectivity index (χ1n) is 14.8. The molecule has 232 valence electrons. The van der Waals surface area contributed by atoms with Gasteiger partial charge in [-0.1, -0.05) is 55.2 Å². The van der Waals surface area contributed by atoms with Gasteiger partial charge < -0.3 is 14.4 Å². The van der Waals surface area contributed by atoms with E-state index in [9.17, 15) is 4.79 Å². The number of rotatable bonds is 10. The van der Waals surface area contributed by atoms with Crippen molar-refractivity contribution in [2.75, 3.05) is 25.6 Å². The van der Waals surface area contributed by atoms with Crippen LogP contribution in [0.3, 0.4) is 0 Å². The standard InChI is InChI=1S/C36H36Cl2N4O3/c1-7-44-34-16-23(4)29(19-28(34)22(2)3)35-40-32-11-9-8-10-27(32)36(43)42(35)39-20-25-13-14-26(41(5)6)18-33(25)45-21-24-12-15-30(37)31(38)17-24/h8-20,22H,7,21H2,1-6H3. The highest BCUT2D eigenvalue weighted by Crippen LogP contribution is 2.34. The third-order valence-electron chi connectivity index (χ3n) is 7.48. The van der Waals surface area contributed by atoms with Crippen LogP contribution in [0.15, 0.2) is 82.7 Å². The molecule has 0 unspecified atom stereocenters. The van der Waals surface area contributed by atoms with E-state index in [1.165, 1.54) is 4.68 Å². The molecule has 0 aliphatic heterocycles. The molecule has 0 N–H and O–H groups in total. The van der Waals surface area contributed by atoms with Crippen LogP contribution in [0.25, 0.3) is 22.3 Å². The summed E-state index contributed by atoms with van der Waals surface area (Å²) in [7, 11) is 3.92. The Morgan fingerprint density at radius 1 is 0.956 bits per heavy atom. The molecule has 0 fully saturated rings. The van der Waals surface area contributed by atoms with E-state index in [0.29, 0.717) is 44.7 Å². The third-order valence-corrected chi connectivity index (χ3v) is 8.22. The van der Waals surface area contributed by atoms with Gasteiger partial charge in [-0.05, 0) is 85.0 Å². The molecule has 1 heterocycles. The van der Waals surface area contributed by atoms with Gasteiger partial charge in [0.15, 0.2) is 5.82 Å². The predicted molar refractivity (Wildman–Crippen MR) is 186 cm³/mol. The minimum absolute atomic E-state index is 0.195. The number of para-hydroxylation sites is 1. The Kier molecular flexibility index (Phi) is 9.80. The number of anilines is 1. The van der Waals surface area contributed by atoms with E-state index < -0.39 is 0 Å². The highest BCUT2D eigenvalue weighted by atomic mass is 35.5. The van der Waals surface area contributed by atoms with Gasteiger partial charge in [0.1, 0.15) is 18.1 Å². The number of aryl methyl sites for hydroxylation is 1. The molecular formula is C36H36Cl2N4O3. The molecule has 5 aromatic rings. The summed E-state index contributed by atoms with van der Waals surface area (Å²) in [6.07, 6.45) is 1.64. The molecule has 0 saturated heterocycles. The Morgan fingerprint density at radius 3 is 2.44 bits per heavy atom. The maximum absolute atomic E-state index is 14.0. The van der Waals surface area contributed by atoms with Crippen LogP contribution in [0.1, 0.15) is 48.9 Å². The molecule has 0 amide bonds. The zero-order valence-corrected chi connectivity index (χ0v) is 27.8. The van der Waals surface area contributed by atoms with Crippen LogP contribution in [0.2, 0.25) is 10.0 Å². The Hall–Kier alpha value is -4.33. The maximum Gasteiger partial charge on any atom is 0.282 e. The lowest BCUT2D eigenvalue weighted by molar-refractivity contribution is 0.306. The van der Waals surface area contributed by atoms with Crippen LogP contribution in [-0.4, -0.2) is 36.6 Å². The molecule has 0 radical (unpaired) electrons. The normalized spacial score (nSPS) is 11.5. The van der Waals surface area contributed by atoms with Gasteiger partial charge in [0.2, 0.25) is 0 Å². The van der Waals surface area contributed by atoms with Gasteiger partial charge in [0.25, 0.3) is 5.56 Å². The van der Waals surface area contributed by atoms with Crippen molar-refractivity contribution in [2.24, 2.45) is 5.10 Å². The summed E-state index contributed by atoms with van der Waals surface area (Å²) >= 11 is 12.3. The number of benzene rings is 4. The fourth-order valence-electron chi connectivity index (χ4n) is 5.02. The summed E-state index contributed by atoms with van der Waals surface area (Å²) < 4.78 is 13.6. The van der Waals surface area contributed by atoms with Gasteiger partial charge in [-0.2, -0.15) is 9.78 Å². The molecule has 0 aliphatic carbocycles. The number of hydrogen-bond acceptors (Lipinski definition) is 6. The van der Waals surface area contributed by atoms with Gasteiger partial charge in [0, 0.05) is 37.0 Å². The fraction of sp³-hybridized carbons (Fsp3) is 0.250. The van der Waals surface area contributed by atoms with E-state index >= 15 is 0 Å². The molecule has 0 aliphatic rings. The average Bonchev–Trinajstić information content (AvgIpc) is 3.01. The number of aromatic nitrogens is 2. The topological polar surface area (TPSA) is 69.0 Å². The van der Waals surface area contributed by atoms with E-state index in [2.05, 4.69) is 19.9 Å². The Balaban J connectivity index is 1.64. The van der Waals surface area contributed by atoms with Crippen molar-refractivity contribution in [2.45, 2.75) is 40.2 Å². The number of ether oxygens (including phenoxy) is 2. The number of hydrogen-bond donors (Lipinski definition) is 0. The van der Waals surface area contributed by atoms with Gasteiger partial charge in [-0.3, -0.25) is 4.79 Å². The number of nitrogens with zero attached hydrogens (tertiary/aromatic N) is 4. The zero-order chi connectivity index (χ0) is 32.2. The second-order valence-electron chi connectivity index (χ2n) is 11.3. The first-order chi connectivity index (χ1) is 21.6. The van der Waals surface area contributed by atoms with Crippen LogP contribution in [0.5, 0.6) is 11.5 Å². The smallest absolute Gasteiger partial charge is 0.282 e. The lowest BCUT2D eigenvalue weighted by atomic mass is 9.96. The molecule has 0 atom stereocenters. The first-order valence-corrected chi connectivity index (χ1v) is 15.5. The zero-order valence-electron chi connectivity index (χ0n) is 26.3. The van der Waals surface area contributed by atoms with Gasteiger partial charge >= 0.3 is 0 Å². The molecular weight excluding hydrogens is 607 g/mol. The van der Waals surface area contributed by atoms with Crippen LogP contribution in [0, 0.1) is 6.92 Å². The van der Waals surface area contributed by atoms with Crippen molar-refractivity contribution < 1.29 is 9.47 Å². The van der Waals surface area contributed by atoms with E-state index in [-0.39, 0.29) is 18.1 Å². The highest BCUT2D eigenvalue weighted by molar-refractivity contribution is 6.42. The third kappa shape index (κ3) is 7.00. The largest absolute Gasteiger partial charge is 0.494 e. The predicted octanol–water partition coefficient (Wildman–Crippen LogP) is 8.73. The monoisotopic (exact) mass is 642 g/mol. The fourth-order valence-corrected chi connectivity index (χ4v) is 5.34. The SMILES string of the molecule is CCOc1cc(C)c(-c2nc3ccccc3c(=O)n2N=Cc2ccc(N(C)C)cc2OCc2ccc(Cl)c(Cl)c2)cc1C(C)C. The Bertz CT molecular complexity index is 1950. The van der Waals surface area contributed by atoms with Crippen molar-refractivity contribution in [3.8, 4) is 22.9 Å². The lowest BCUT2D eigenvalue weighted by Gasteiger charge is -2.18. The van der Waals surface area contributed by atoms with Crippen LogP contribution in [0.4, 0.5) is 5.69 Å². The maximum atomic E-state index is 14.0. The molecule has 45 heavy (non-hydrogen) atoms. The average molecular weight is 644 g/mol. The second kappa shape index (κ2) is 13.8. The molecule has 5 rings (SSSR count). The van der Waals surface area contributed by atoms with Crippen molar-refractivity contribution in [3.05, 3.63) is 115 Å². The van der Waals surface area contributed by atoms with Crippen LogP contribution >= 0.6 is 23.2 Å². The molecule has 4 aromatic carbocycles. The van der Waals surface area contributed by atoms with Crippen molar-refractivity contribution in [1.82, 2.24) is 9.66 Å².